The van der Waals surface area contributed by atoms with Gasteiger partial charge in [0.05, 0.1) is 11.0 Å². The quantitative estimate of drug-likeness (QED) is 0.785. The van der Waals surface area contributed by atoms with E-state index in [9.17, 15) is 9.59 Å². The van der Waals surface area contributed by atoms with Gasteiger partial charge in [0.2, 0.25) is 0 Å². The van der Waals surface area contributed by atoms with Crippen LogP contribution in [0.4, 0.5) is 0 Å². The summed E-state index contributed by atoms with van der Waals surface area (Å²) >= 11 is 0. The highest BCUT2D eigenvalue weighted by Gasteiger charge is 2.51. The molecule has 0 aliphatic heterocycles. The molecule has 1 aromatic rings. The molecule has 1 aliphatic rings. The lowest BCUT2D eigenvalue weighted by molar-refractivity contribution is -0.140. The highest BCUT2D eigenvalue weighted by atomic mass is 16.4. The van der Waals surface area contributed by atoms with Crippen molar-refractivity contribution in [1.82, 2.24) is 0 Å². The maximum Gasteiger partial charge on any atom is 0.335 e. The smallest absolute Gasteiger partial charge is 0.335 e. The molecule has 15 heavy (non-hydrogen) atoms. The highest BCUT2D eigenvalue weighted by molar-refractivity contribution is 5.89. The van der Waals surface area contributed by atoms with Gasteiger partial charge in [0.25, 0.3) is 0 Å². The van der Waals surface area contributed by atoms with Gasteiger partial charge in [0.1, 0.15) is 0 Å². The number of aliphatic carboxylic acids is 1. The fourth-order valence-corrected chi connectivity index (χ4v) is 1.68. The molecule has 0 atom stereocenters. The predicted molar refractivity (Wildman–Crippen MR) is 51.9 cm³/mol. The second kappa shape index (κ2) is 3.08. The molecule has 1 aliphatic carbocycles. The van der Waals surface area contributed by atoms with Gasteiger partial charge >= 0.3 is 11.9 Å². The number of carboxylic acids is 2. The molecule has 0 aromatic heterocycles. The lowest BCUT2D eigenvalue weighted by atomic mass is 9.95. The molecule has 78 valence electrons. The maximum atomic E-state index is 11.0. The summed E-state index contributed by atoms with van der Waals surface area (Å²) in [6.07, 6.45) is 1.27. The summed E-state index contributed by atoms with van der Waals surface area (Å²) in [5.74, 6) is -1.83. The minimum Gasteiger partial charge on any atom is -0.481 e. The predicted octanol–water partition coefficient (Wildman–Crippen LogP) is 1.50. The van der Waals surface area contributed by atoms with Crippen LogP contribution in [0.5, 0.6) is 0 Å². The van der Waals surface area contributed by atoms with E-state index in [0.29, 0.717) is 18.4 Å². The van der Waals surface area contributed by atoms with Crippen molar-refractivity contribution in [2.45, 2.75) is 18.3 Å². The monoisotopic (exact) mass is 206 g/mol. The van der Waals surface area contributed by atoms with Crippen molar-refractivity contribution in [1.29, 1.82) is 0 Å². The van der Waals surface area contributed by atoms with Gasteiger partial charge < -0.3 is 10.2 Å². The van der Waals surface area contributed by atoms with Crippen LogP contribution < -0.4 is 0 Å². The minimum absolute atomic E-state index is 0.180. The van der Waals surface area contributed by atoms with Gasteiger partial charge in [-0.1, -0.05) is 12.1 Å². The van der Waals surface area contributed by atoms with E-state index in [2.05, 4.69) is 0 Å². The number of hydrogen-bond acceptors (Lipinski definition) is 2. The summed E-state index contributed by atoms with van der Waals surface area (Å²) in [6, 6.07) is 6.07. The number of aromatic carboxylic acids is 1. The van der Waals surface area contributed by atoms with Crippen LogP contribution in [-0.4, -0.2) is 22.2 Å². The van der Waals surface area contributed by atoms with Crippen LogP contribution in [0.25, 0.3) is 0 Å². The lowest BCUT2D eigenvalue weighted by Gasteiger charge is -2.09. The molecule has 0 amide bonds. The average Bonchev–Trinajstić information content (AvgIpc) is 2.98. The zero-order chi connectivity index (χ0) is 11.1. The molecule has 2 N–H and O–H groups in total. The average molecular weight is 206 g/mol. The molecule has 0 heterocycles. The highest BCUT2D eigenvalue weighted by Crippen LogP contribution is 2.48. The maximum absolute atomic E-state index is 11.0. The third-order valence-electron chi connectivity index (χ3n) is 2.84. The Labute approximate surface area is 86.2 Å². The Kier molecular flexibility index (Phi) is 2.00. The van der Waals surface area contributed by atoms with Crippen molar-refractivity contribution in [3.63, 3.8) is 0 Å². The van der Waals surface area contributed by atoms with Crippen LogP contribution in [0, 0.1) is 0 Å². The fourth-order valence-electron chi connectivity index (χ4n) is 1.68. The van der Waals surface area contributed by atoms with Gasteiger partial charge in [-0.3, -0.25) is 4.79 Å². The van der Waals surface area contributed by atoms with Crippen LogP contribution in [0.1, 0.15) is 28.8 Å². The summed E-state index contributed by atoms with van der Waals surface area (Å²) in [6.45, 7) is 0. The van der Waals surface area contributed by atoms with E-state index in [4.69, 9.17) is 10.2 Å². The van der Waals surface area contributed by atoms with E-state index in [1.54, 1.807) is 12.1 Å². The zero-order valence-corrected chi connectivity index (χ0v) is 7.93. The summed E-state index contributed by atoms with van der Waals surface area (Å²) in [5.41, 5.74) is 0.122. The first-order valence-electron chi connectivity index (χ1n) is 4.63. The number of carboxylic acid groups (broad SMARTS) is 2. The van der Waals surface area contributed by atoms with Crippen molar-refractivity contribution >= 4 is 11.9 Å². The molecule has 1 saturated carbocycles. The van der Waals surface area contributed by atoms with E-state index < -0.39 is 17.4 Å². The lowest BCUT2D eigenvalue weighted by Crippen LogP contribution is -2.19. The van der Waals surface area contributed by atoms with Crippen LogP contribution in [-0.2, 0) is 10.2 Å². The van der Waals surface area contributed by atoms with Crippen molar-refractivity contribution in [2.24, 2.45) is 0 Å². The van der Waals surface area contributed by atoms with E-state index in [1.165, 1.54) is 12.1 Å². The summed E-state index contributed by atoms with van der Waals surface area (Å²) in [7, 11) is 0. The van der Waals surface area contributed by atoms with Crippen molar-refractivity contribution in [3.05, 3.63) is 35.4 Å². The molecule has 2 rings (SSSR count). The molecule has 1 aromatic carbocycles. The van der Waals surface area contributed by atoms with Crippen LogP contribution in [0.3, 0.4) is 0 Å². The number of carbonyl (C=O) groups is 2. The second-order valence-corrected chi connectivity index (χ2v) is 3.77. The molecule has 0 saturated heterocycles. The Morgan fingerprint density at radius 1 is 1.07 bits per heavy atom. The molecule has 1 fully saturated rings. The van der Waals surface area contributed by atoms with E-state index in [1.807, 2.05) is 0 Å². The van der Waals surface area contributed by atoms with E-state index in [-0.39, 0.29) is 5.56 Å². The van der Waals surface area contributed by atoms with Crippen LogP contribution in [0.15, 0.2) is 24.3 Å². The van der Waals surface area contributed by atoms with Gasteiger partial charge in [-0.15, -0.1) is 0 Å². The largest absolute Gasteiger partial charge is 0.481 e. The Morgan fingerprint density at radius 3 is 1.93 bits per heavy atom. The molecule has 4 nitrogen and oxygen atoms in total. The molecule has 0 spiro atoms. The molecular formula is C11H10O4. The van der Waals surface area contributed by atoms with E-state index >= 15 is 0 Å². The standard InChI is InChI=1S/C11H10O4/c12-9(13)7-1-3-8(4-2-7)11(5-6-11)10(14)15/h1-4H,5-6H2,(H,12,13)(H,14,15). The minimum atomic E-state index is -0.998. The Bertz CT molecular complexity index is 415. The Balaban J connectivity index is 2.32. The summed E-state index contributed by atoms with van der Waals surface area (Å²) < 4.78 is 0. The molecule has 0 radical (unpaired) electrons. The van der Waals surface area contributed by atoms with Gasteiger partial charge in [-0.25, -0.2) is 4.79 Å². The summed E-state index contributed by atoms with van der Waals surface area (Å²) in [4.78, 5) is 21.6. The number of hydrogen-bond donors (Lipinski definition) is 2. The van der Waals surface area contributed by atoms with Crippen molar-refractivity contribution < 1.29 is 19.8 Å². The number of rotatable bonds is 3. The molecule has 4 heteroatoms. The van der Waals surface area contributed by atoms with Gasteiger partial charge in [0.15, 0.2) is 0 Å². The first-order chi connectivity index (χ1) is 7.06. The van der Waals surface area contributed by atoms with Crippen LogP contribution in [0.2, 0.25) is 0 Å². The van der Waals surface area contributed by atoms with E-state index in [0.717, 1.165) is 0 Å². The van der Waals surface area contributed by atoms with Crippen molar-refractivity contribution in [3.8, 4) is 0 Å². The fraction of sp³-hybridized carbons (Fsp3) is 0.273. The second-order valence-electron chi connectivity index (χ2n) is 3.77. The molecular weight excluding hydrogens is 196 g/mol. The third-order valence-corrected chi connectivity index (χ3v) is 2.84. The molecule has 0 unspecified atom stereocenters. The molecule has 0 bridgehead atoms. The Hall–Kier alpha value is -1.84. The summed E-state index contributed by atoms with van der Waals surface area (Å²) in [5, 5.41) is 17.7. The first-order valence-corrected chi connectivity index (χ1v) is 4.63. The van der Waals surface area contributed by atoms with Crippen molar-refractivity contribution in [2.75, 3.05) is 0 Å². The number of benzene rings is 1. The van der Waals surface area contributed by atoms with Gasteiger partial charge in [-0.2, -0.15) is 0 Å². The topological polar surface area (TPSA) is 74.6 Å². The first kappa shape index (κ1) is 9.71. The van der Waals surface area contributed by atoms with Gasteiger partial charge in [-0.05, 0) is 30.5 Å². The third kappa shape index (κ3) is 1.48. The zero-order valence-electron chi connectivity index (χ0n) is 7.93. The normalized spacial score (nSPS) is 17.1. The SMILES string of the molecule is O=C(O)c1ccc(C2(C(=O)O)CC2)cc1. The van der Waals surface area contributed by atoms with Gasteiger partial charge in [0, 0.05) is 0 Å². The Morgan fingerprint density at radius 2 is 1.60 bits per heavy atom. The van der Waals surface area contributed by atoms with Crippen LogP contribution >= 0.6 is 0 Å².